The van der Waals surface area contributed by atoms with Gasteiger partial charge in [0.25, 0.3) is 0 Å². The van der Waals surface area contributed by atoms with Gasteiger partial charge in [-0.2, -0.15) is 0 Å². The van der Waals surface area contributed by atoms with E-state index in [9.17, 15) is 9.18 Å². The molecule has 0 aromatic rings. The second kappa shape index (κ2) is 4.58. The van der Waals surface area contributed by atoms with Gasteiger partial charge in [-0.1, -0.05) is 26.2 Å². The minimum atomic E-state index is -1.66. The lowest BCUT2D eigenvalue weighted by molar-refractivity contribution is -0.143. The highest BCUT2D eigenvalue weighted by atomic mass is 19.1. The quantitative estimate of drug-likeness (QED) is 0.739. The molecule has 1 rings (SSSR count). The van der Waals surface area contributed by atoms with Crippen LogP contribution in [0.5, 0.6) is 0 Å². The minimum absolute atomic E-state index is 0.208. The van der Waals surface area contributed by atoms with Crippen molar-refractivity contribution in [3.05, 3.63) is 0 Å². The van der Waals surface area contributed by atoms with Gasteiger partial charge >= 0.3 is 5.97 Å². The van der Waals surface area contributed by atoms with Crippen molar-refractivity contribution in [3.63, 3.8) is 0 Å². The molecule has 13 heavy (non-hydrogen) atoms. The van der Waals surface area contributed by atoms with Crippen molar-refractivity contribution in [2.24, 2.45) is 11.8 Å². The number of hydrogen-bond acceptors (Lipinski definition) is 1. The van der Waals surface area contributed by atoms with Crippen molar-refractivity contribution < 1.29 is 14.3 Å². The maximum Gasteiger partial charge on any atom is 0.338 e. The van der Waals surface area contributed by atoms with Crippen LogP contribution in [0.15, 0.2) is 0 Å². The highest BCUT2D eigenvalue weighted by molar-refractivity contribution is 5.71. The van der Waals surface area contributed by atoms with E-state index in [2.05, 4.69) is 6.92 Å². The molecule has 3 unspecified atom stereocenters. The van der Waals surface area contributed by atoms with Crippen molar-refractivity contribution in [3.8, 4) is 0 Å². The maximum atomic E-state index is 12.8. The van der Waals surface area contributed by atoms with Gasteiger partial charge in [0.1, 0.15) is 0 Å². The molecule has 0 saturated heterocycles. The van der Waals surface area contributed by atoms with Crippen molar-refractivity contribution in [2.45, 2.75) is 45.2 Å². The Morgan fingerprint density at radius 3 is 2.85 bits per heavy atom. The van der Waals surface area contributed by atoms with Crippen molar-refractivity contribution >= 4 is 5.97 Å². The third kappa shape index (κ3) is 3.33. The number of rotatable bonds is 3. The SMILES string of the molecule is CC1CCCC(CC(F)C(=O)O)C1. The fourth-order valence-electron chi connectivity index (χ4n) is 2.17. The predicted octanol–water partition coefficient (Wildman–Crippen LogP) is 2.63. The summed E-state index contributed by atoms with van der Waals surface area (Å²) >= 11 is 0. The average molecular weight is 188 g/mol. The zero-order valence-electron chi connectivity index (χ0n) is 8.00. The van der Waals surface area contributed by atoms with Gasteiger partial charge in [-0.15, -0.1) is 0 Å². The summed E-state index contributed by atoms with van der Waals surface area (Å²) in [5, 5.41) is 8.40. The van der Waals surface area contributed by atoms with E-state index in [1.807, 2.05) is 0 Å². The maximum absolute atomic E-state index is 12.8. The molecule has 0 heterocycles. The molecule has 0 spiro atoms. The Bertz CT molecular complexity index is 182. The fourth-order valence-corrected chi connectivity index (χ4v) is 2.17. The predicted molar refractivity (Wildman–Crippen MR) is 48.3 cm³/mol. The number of hydrogen-bond donors (Lipinski definition) is 1. The van der Waals surface area contributed by atoms with Crippen molar-refractivity contribution in [1.82, 2.24) is 0 Å². The van der Waals surface area contributed by atoms with Gasteiger partial charge in [0.15, 0.2) is 6.17 Å². The summed E-state index contributed by atoms with van der Waals surface area (Å²) in [6, 6.07) is 0. The molecule has 3 atom stereocenters. The Morgan fingerprint density at radius 2 is 2.31 bits per heavy atom. The molecule has 2 nitrogen and oxygen atoms in total. The van der Waals surface area contributed by atoms with E-state index < -0.39 is 12.1 Å². The summed E-state index contributed by atoms with van der Waals surface area (Å²) in [5.41, 5.74) is 0. The third-order valence-electron chi connectivity index (χ3n) is 2.85. The fraction of sp³-hybridized carbons (Fsp3) is 0.900. The first kappa shape index (κ1) is 10.5. The van der Waals surface area contributed by atoms with E-state index >= 15 is 0 Å². The van der Waals surface area contributed by atoms with Crippen LogP contribution in [0.25, 0.3) is 0 Å². The van der Waals surface area contributed by atoms with E-state index in [-0.39, 0.29) is 12.3 Å². The first-order chi connectivity index (χ1) is 6.09. The Kier molecular flexibility index (Phi) is 3.70. The number of alkyl halides is 1. The van der Waals surface area contributed by atoms with Crippen LogP contribution in [0.3, 0.4) is 0 Å². The van der Waals surface area contributed by atoms with Crippen LogP contribution >= 0.6 is 0 Å². The Labute approximate surface area is 78.1 Å². The highest BCUT2D eigenvalue weighted by Crippen LogP contribution is 2.31. The molecule has 76 valence electrons. The van der Waals surface area contributed by atoms with Crippen LogP contribution in [0.1, 0.15) is 39.0 Å². The smallest absolute Gasteiger partial charge is 0.338 e. The van der Waals surface area contributed by atoms with E-state index in [1.165, 1.54) is 6.42 Å². The van der Waals surface area contributed by atoms with E-state index in [1.54, 1.807) is 0 Å². The van der Waals surface area contributed by atoms with E-state index in [0.29, 0.717) is 5.92 Å². The summed E-state index contributed by atoms with van der Waals surface area (Å²) in [6.07, 6.45) is 2.87. The Hall–Kier alpha value is -0.600. The van der Waals surface area contributed by atoms with Crippen LogP contribution in [-0.4, -0.2) is 17.2 Å². The summed E-state index contributed by atoms with van der Waals surface area (Å²) in [6.45, 7) is 2.15. The Morgan fingerprint density at radius 1 is 1.62 bits per heavy atom. The molecule has 1 fully saturated rings. The lowest BCUT2D eigenvalue weighted by atomic mass is 9.80. The summed E-state index contributed by atoms with van der Waals surface area (Å²) < 4.78 is 12.8. The molecule has 0 aromatic heterocycles. The van der Waals surface area contributed by atoms with Gasteiger partial charge in [-0.25, -0.2) is 9.18 Å². The molecule has 1 saturated carbocycles. The average Bonchev–Trinajstić information content (AvgIpc) is 2.04. The van der Waals surface area contributed by atoms with Crippen molar-refractivity contribution in [2.75, 3.05) is 0 Å². The standard InChI is InChI=1S/C10H17FO2/c1-7-3-2-4-8(5-7)6-9(11)10(12)13/h7-9H,2-6H2,1H3,(H,12,13). The highest BCUT2D eigenvalue weighted by Gasteiger charge is 2.25. The number of aliphatic carboxylic acids is 1. The number of carboxylic acids is 1. The molecule has 0 aliphatic heterocycles. The third-order valence-corrected chi connectivity index (χ3v) is 2.85. The van der Waals surface area contributed by atoms with Gasteiger partial charge in [0.2, 0.25) is 0 Å². The molecule has 0 bridgehead atoms. The molecule has 1 aliphatic rings. The van der Waals surface area contributed by atoms with Crippen molar-refractivity contribution in [1.29, 1.82) is 0 Å². The summed E-state index contributed by atoms with van der Waals surface area (Å²) in [4.78, 5) is 10.3. The van der Waals surface area contributed by atoms with E-state index in [0.717, 1.165) is 19.3 Å². The second-order valence-electron chi connectivity index (χ2n) is 4.18. The van der Waals surface area contributed by atoms with Crippen LogP contribution in [-0.2, 0) is 4.79 Å². The number of carboxylic acid groups (broad SMARTS) is 1. The lowest BCUT2D eigenvalue weighted by Gasteiger charge is -2.26. The molecule has 1 aliphatic carbocycles. The van der Waals surface area contributed by atoms with Gasteiger partial charge in [0, 0.05) is 0 Å². The zero-order chi connectivity index (χ0) is 9.84. The van der Waals surface area contributed by atoms with E-state index in [4.69, 9.17) is 5.11 Å². The van der Waals surface area contributed by atoms with Crippen LogP contribution in [0.4, 0.5) is 4.39 Å². The van der Waals surface area contributed by atoms with Crippen LogP contribution in [0.2, 0.25) is 0 Å². The van der Waals surface area contributed by atoms with Gasteiger partial charge in [-0.05, 0) is 24.7 Å². The summed E-state index contributed by atoms with van der Waals surface area (Å²) in [7, 11) is 0. The molecule has 1 N–H and O–H groups in total. The molecule has 3 heteroatoms. The minimum Gasteiger partial charge on any atom is -0.479 e. The summed E-state index contributed by atoms with van der Waals surface area (Å²) in [5.74, 6) is -0.382. The van der Waals surface area contributed by atoms with Crippen LogP contribution in [0, 0.1) is 11.8 Å². The second-order valence-corrected chi connectivity index (χ2v) is 4.18. The molecular formula is C10H17FO2. The monoisotopic (exact) mass is 188 g/mol. The topological polar surface area (TPSA) is 37.3 Å². The van der Waals surface area contributed by atoms with Gasteiger partial charge < -0.3 is 5.11 Å². The zero-order valence-corrected chi connectivity index (χ0v) is 8.00. The first-order valence-corrected chi connectivity index (χ1v) is 4.96. The molecule has 0 radical (unpaired) electrons. The molecule has 0 aromatic carbocycles. The van der Waals surface area contributed by atoms with Gasteiger partial charge in [0.05, 0.1) is 0 Å². The normalized spacial score (nSPS) is 31.2. The largest absolute Gasteiger partial charge is 0.479 e. The molecular weight excluding hydrogens is 171 g/mol. The number of carbonyl (C=O) groups is 1. The van der Waals surface area contributed by atoms with Crippen LogP contribution < -0.4 is 0 Å². The first-order valence-electron chi connectivity index (χ1n) is 4.96. The Balaban J connectivity index is 2.31. The number of halogens is 1. The van der Waals surface area contributed by atoms with Gasteiger partial charge in [-0.3, -0.25) is 0 Å². The lowest BCUT2D eigenvalue weighted by Crippen LogP contribution is -2.22. The molecule has 0 amide bonds.